The summed E-state index contributed by atoms with van der Waals surface area (Å²) in [6, 6.07) is 10.6. The molecule has 0 saturated carbocycles. The van der Waals surface area contributed by atoms with Crippen LogP contribution in [0, 0.1) is 0 Å². The lowest BCUT2D eigenvalue weighted by molar-refractivity contribution is -0.124. The standard InChI is InChI=1S/C19H21NO6/c1-12(16-10-15(24-2)7-8-17(16)25-3)20-18(22)11-26-19(23)13-5-4-6-14(21)9-13/h4-10,12,21H,11H2,1-3H3,(H,20,22)/t12-/m1/s1. The number of esters is 1. The Kier molecular flexibility index (Phi) is 6.43. The first-order valence-electron chi connectivity index (χ1n) is 7.92. The second kappa shape index (κ2) is 8.75. The Balaban J connectivity index is 1.96. The summed E-state index contributed by atoms with van der Waals surface area (Å²) in [5, 5.41) is 12.1. The number of hydrogen-bond donors (Lipinski definition) is 2. The summed E-state index contributed by atoms with van der Waals surface area (Å²) in [4.78, 5) is 24.0. The molecule has 0 aliphatic heterocycles. The Morgan fingerprint density at radius 1 is 1.12 bits per heavy atom. The second-order valence-electron chi connectivity index (χ2n) is 5.52. The molecule has 0 aliphatic carbocycles. The van der Waals surface area contributed by atoms with Crippen LogP contribution in [0.5, 0.6) is 17.2 Å². The molecule has 1 atom stereocenters. The second-order valence-corrected chi connectivity index (χ2v) is 5.52. The van der Waals surface area contributed by atoms with Gasteiger partial charge in [0.1, 0.15) is 17.2 Å². The maximum Gasteiger partial charge on any atom is 0.338 e. The predicted octanol–water partition coefficient (Wildman–Crippen LogP) is 2.44. The molecule has 0 aliphatic rings. The summed E-state index contributed by atoms with van der Waals surface area (Å²) in [5.41, 5.74) is 0.903. The summed E-state index contributed by atoms with van der Waals surface area (Å²) in [5.74, 6) is 0.0359. The molecule has 0 bridgehead atoms. The maximum absolute atomic E-state index is 12.1. The third-order valence-electron chi connectivity index (χ3n) is 3.70. The van der Waals surface area contributed by atoms with Crippen LogP contribution in [-0.2, 0) is 9.53 Å². The molecule has 138 valence electrons. The van der Waals surface area contributed by atoms with Crippen LogP contribution in [0.3, 0.4) is 0 Å². The number of phenolic OH excluding ortho intramolecular Hbond substituents is 1. The fourth-order valence-electron chi connectivity index (χ4n) is 2.39. The van der Waals surface area contributed by atoms with E-state index in [0.717, 1.165) is 5.56 Å². The number of methoxy groups -OCH3 is 2. The van der Waals surface area contributed by atoms with Gasteiger partial charge < -0.3 is 24.6 Å². The summed E-state index contributed by atoms with van der Waals surface area (Å²) < 4.78 is 15.5. The summed E-state index contributed by atoms with van der Waals surface area (Å²) >= 11 is 0. The minimum Gasteiger partial charge on any atom is -0.508 e. The Hall–Kier alpha value is -3.22. The van der Waals surface area contributed by atoms with E-state index >= 15 is 0 Å². The highest BCUT2D eigenvalue weighted by molar-refractivity contribution is 5.91. The van der Waals surface area contributed by atoms with Crippen molar-refractivity contribution in [3.05, 3.63) is 53.6 Å². The van der Waals surface area contributed by atoms with Crippen LogP contribution in [0.4, 0.5) is 0 Å². The first kappa shape index (κ1) is 19.1. The van der Waals surface area contributed by atoms with Crippen LogP contribution < -0.4 is 14.8 Å². The van der Waals surface area contributed by atoms with Gasteiger partial charge in [0.25, 0.3) is 5.91 Å². The number of carbonyl (C=O) groups is 2. The lowest BCUT2D eigenvalue weighted by Crippen LogP contribution is -2.31. The van der Waals surface area contributed by atoms with E-state index in [1.165, 1.54) is 31.4 Å². The Bertz CT molecular complexity index is 789. The van der Waals surface area contributed by atoms with E-state index in [1.807, 2.05) is 0 Å². The molecule has 0 spiro atoms. The van der Waals surface area contributed by atoms with Gasteiger partial charge in [-0.2, -0.15) is 0 Å². The van der Waals surface area contributed by atoms with Crippen LogP contribution >= 0.6 is 0 Å². The van der Waals surface area contributed by atoms with Gasteiger partial charge in [0.2, 0.25) is 0 Å². The van der Waals surface area contributed by atoms with Crippen molar-refractivity contribution in [2.45, 2.75) is 13.0 Å². The van der Waals surface area contributed by atoms with Crippen molar-refractivity contribution in [3.63, 3.8) is 0 Å². The van der Waals surface area contributed by atoms with Gasteiger partial charge in [0, 0.05) is 5.56 Å². The largest absolute Gasteiger partial charge is 0.508 e. The number of carbonyl (C=O) groups excluding carboxylic acids is 2. The quantitative estimate of drug-likeness (QED) is 0.738. The highest BCUT2D eigenvalue weighted by Crippen LogP contribution is 2.29. The molecule has 0 fully saturated rings. The molecule has 0 unspecified atom stereocenters. The van der Waals surface area contributed by atoms with Gasteiger partial charge in [-0.05, 0) is 43.3 Å². The van der Waals surface area contributed by atoms with E-state index in [4.69, 9.17) is 14.2 Å². The van der Waals surface area contributed by atoms with Crippen molar-refractivity contribution < 1.29 is 28.9 Å². The van der Waals surface area contributed by atoms with E-state index in [2.05, 4.69) is 5.32 Å². The SMILES string of the molecule is COc1ccc(OC)c([C@@H](C)NC(=O)COC(=O)c2cccc(O)c2)c1. The molecular weight excluding hydrogens is 338 g/mol. The zero-order chi connectivity index (χ0) is 19.1. The van der Waals surface area contributed by atoms with Crippen molar-refractivity contribution >= 4 is 11.9 Å². The lowest BCUT2D eigenvalue weighted by Gasteiger charge is -2.18. The number of ether oxygens (including phenoxy) is 3. The topological polar surface area (TPSA) is 94.1 Å². The number of nitrogens with one attached hydrogen (secondary N) is 1. The summed E-state index contributed by atoms with van der Waals surface area (Å²) in [6.45, 7) is 1.34. The molecular formula is C19H21NO6. The number of rotatable bonds is 7. The number of amides is 1. The van der Waals surface area contributed by atoms with Crippen LogP contribution in [0.25, 0.3) is 0 Å². The lowest BCUT2D eigenvalue weighted by atomic mass is 10.1. The Labute approximate surface area is 151 Å². The van der Waals surface area contributed by atoms with E-state index in [1.54, 1.807) is 32.2 Å². The van der Waals surface area contributed by atoms with Crippen molar-refractivity contribution in [1.29, 1.82) is 0 Å². The Morgan fingerprint density at radius 3 is 2.54 bits per heavy atom. The van der Waals surface area contributed by atoms with E-state index in [0.29, 0.717) is 11.5 Å². The number of aromatic hydroxyl groups is 1. The molecule has 26 heavy (non-hydrogen) atoms. The van der Waals surface area contributed by atoms with Gasteiger partial charge >= 0.3 is 5.97 Å². The molecule has 2 aromatic carbocycles. The summed E-state index contributed by atoms with van der Waals surface area (Å²) in [7, 11) is 3.09. The van der Waals surface area contributed by atoms with E-state index < -0.39 is 18.5 Å². The number of benzene rings is 2. The number of hydrogen-bond acceptors (Lipinski definition) is 6. The molecule has 7 nitrogen and oxygen atoms in total. The molecule has 7 heteroatoms. The first-order chi connectivity index (χ1) is 12.4. The van der Waals surface area contributed by atoms with E-state index in [9.17, 15) is 14.7 Å². The third-order valence-corrected chi connectivity index (χ3v) is 3.70. The molecule has 2 N–H and O–H groups in total. The van der Waals surface area contributed by atoms with Crippen LogP contribution in [-0.4, -0.2) is 37.8 Å². The van der Waals surface area contributed by atoms with Gasteiger partial charge in [0.15, 0.2) is 6.61 Å². The van der Waals surface area contributed by atoms with Crippen molar-refractivity contribution in [2.24, 2.45) is 0 Å². The van der Waals surface area contributed by atoms with Crippen molar-refractivity contribution in [1.82, 2.24) is 5.32 Å². The molecule has 0 radical (unpaired) electrons. The molecule has 0 heterocycles. The zero-order valence-electron chi connectivity index (χ0n) is 14.8. The van der Waals surface area contributed by atoms with Gasteiger partial charge in [-0.1, -0.05) is 6.07 Å². The van der Waals surface area contributed by atoms with Crippen molar-refractivity contribution in [3.8, 4) is 17.2 Å². The predicted molar refractivity (Wildman–Crippen MR) is 94.5 cm³/mol. The number of phenols is 1. The fourth-order valence-corrected chi connectivity index (χ4v) is 2.39. The smallest absolute Gasteiger partial charge is 0.338 e. The minimum absolute atomic E-state index is 0.0531. The normalized spacial score (nSPS) is 11.3. The molecule has 2 rings (SSSR count). The third kappa shape index (κ3) is 4.89. The van der Waals surface area contributed by atoms with Crippen molar-refractivity contribution in [2.75, 3.05) is 20.8 Å². The maximum atomic E-state index is 12.1. The van der Waals surface area contributed by atoms with Gasteiger partial charge in [-0.25, -0.2) is 4.79 Å². The van der Waals surface area contributed by atoms with Gasteiger partial charge in [-0.3, -0.25) is 4.79 Å². The first-order valence-corrected chi connectivity index (χ1v) is 7.92. The average Bonchev–Trinajstić information content (AvgIpc) is 2.65. The molecule has 0 saturated heterocycles. The van der Waals surface area contributed by atoms with Crippen LogP contribution in [0.1, 0.15) is 28.9 Å². The molecule has 0 aromatic heterocycles. The van der Waals surface area contributed by atoms with Crippen LogP contribution in [0.2, 0.25) is 0 Å². The monoisotopic (exact) mass is 359 g/mol. The zero-order valence-corrected chi connectivity index (χ0v) is 14.8. The van der Waals surface area contributed by atoms with Gasteiger partial charge in [-0.15, -0.1) is 0 Å². The molecule has 1 amide bonds. The minimum atomic E-state index is -0.692. The van der Waals surface area contributed by atoms with Gasteiger partial charge in [0.05, 0.1) is 25.8 Å². The molecule has 2 aromatic rings. The highest BCUT2D eigenvalue weighted by Gasteiger charge is 2.17. The van der Waals surface area contributed by atoms with E-state index in [-0.39, 0.29) is 17.4 Å². The highest BCUT2D eigenvalue weighted by atomic mass is 16.5. The fraction of sp³-hybridized carbons (Fsp3) is 0.263. The average molecular weight is 359 g/mol. The Morgan fingerprint density at radius 2 is 1.88 bits per heavy atom. The van der Waals surface area contributed by atoms with Crippen LogP contribution in [0.15, 0.2) is 42.5 Å². The summed E-state index contributed by atoms with van der Waals surface area (Å²) in [6.07, 6.45) is 0.